The molecular weight excluding hydrogens is 336 g/mol. The third-order valence-corrected chi connectivity index (χ3v) is 5.72. The van der Waals surface area contributed by atoms with E-state index in [0.717, 1.165) is 60.0 Å². The Labute approximate surface area is 150 Å². The molecule has 3 aromatic rings. The van der Waals surface area contributed by atoms with Gasteiger partial charge < -0.3 is 9.42 Å². The first kappa shape index (κ1) is 16.2. The highest BCUT2D eigenvalue weighted by Gasteiger charge is 2.25. The molecule has 0 N–H and O–H groups in total. The van der Waals surface area contributed by atoms with Gasteiger partial charge >= 0.3 is 0 Å². The van der Waals surface area contributed by atoms with Gasteiger partial charge in [0, 0.05) is 38.3 Å². The van der Waals surface area contributed by atoms with E-state index in [4.69, 9.17) is 4.52 Å². The summed E-state index contributed by atoms with van der Waals surface area (Å²) < 4.78 is 6.29. The van der Waals surface area contributed by atoms with Gasteiger partial charge in [-0.3, -0.25) is 9.69 Å². The van der Waals surface area contributed by atoms with Gasteiger partial charge in [0.1, 0.15) is 5.76 Å². The Morgan fingerprint density at radius 2 is 1.96 bits per heavy atom. The second-order valence-electron chi connectivity index (χ2n) is 6.36. The van der Waals surface area contributed by atoms with Gasteiger partial charge in [-0.05, 0) is 26.0 Å². The molecule has 1 aliphatic rings. The van der Waals surface area contributed by atoms with Crippen LogP contribution in [0.2, 0.25) is 0 Å². The molecule has 0 saturated carbocycles. The lowest BCUT2D eigenvalue weighted by molar-refractivity contribution is 0.0627. The van der Waals surface area contributed by atoms with Gasteiger partial charge in [-0.25, -0.2) is 4.98 Å². The third-order valence-electron chi connectivity index (χ3n) is 4.70. The molecule has 4 rings (SSSR count). The molecule has 1 aliphatic heterocycles. The van der Waals surface area contributed by atoms with Crippen LogP contribution in [0.5, 0.6) is 0 Å². The van der Waals surface area contributed by atoms with Crippen molar-refractivity contribution in [1.82, 2.24) is 19.9 Å². The molecule has 25 heavy (non-hydrogen) atoms. The average molecular weight is 356 g/mol. The van der Waals surface area contributed by atoms with Gasteiger partial charge in [0.05, 0.1) is 15.9 Å². The molecule has 0 aliphatic carbocycles. The number of fused-ring (bicyclic) bond motifs is 1. The second-order valence-corrected chi connectivity index (χ2v) is 7.39. The average Bonchev–Trinajstić information content (AvgIpc) is 3.20. The Bertz CT molecular complexity index is 856. The summed E-state index contributed by atoms with van der Waals surface area (Å²) in [5, 5.41) is 4.60. The van der Waals surface area contributed by atoms with Crippen LogP contribution in [0.15, 0.2) is 28.8 Å². The number of carbonyl (C=O) groups is 1. The lowest BCUT2D eigenvalue weighted by atomic mass is 10.2. The molecule has 3 heterocycles. The predicted octanol–water partition coefficient (Wildman–Crippen LogP) is 2.86. The summed E-state index contributed by atoms with van der Waals surface area (Å²) in [5.41, 5.74) is 3.00. The topological polar surface area (TPSA) is 62.5 Å². The van der Waals surface area contributed by atoms with E-state index in [-0.39, 0.29) is 5.91 Å². The maximum atomic E-state index is 12.7. The summed E-state index contributed by atoms with van der Waals surface area (Å²) >= 11 is 1.47. The Kier molecular flexibility index (Phi) is 4.27. The minimum atomic E-state index is 0.0400. The minimum absolute atomic E-state index is 0.0400. The molecule has 0 spiro atoms. The number of rotatable bonds is 3. The number of thiazole rings is 1. The van der Waals surface area contributed by atoms with E-state index in [9.17, 15) is 4.79 Å². The lowest BCUT2D eigenvalue weighted by Gasteiger charge is -2.34. The van der Waals surface area contributed by atoms with E-state index in [1.165, 1.54) is 11.3 Å². The molecule has 0 bridgehead atoms. The molecule has 0 unspecified atom stereocenters. The van der Waals surface area contributed by atoms with Gasteiger partial charge in [0.25, 0.3) is 5.91 Å². The fraction of sp³-hybridized carbons (Fsp3) is 0.389. The highest BCUT2D eigenvalue weighted by Crippen LogP contribution is 2.23. The number of para-hydroxylation sites is 1. The third kappa shape index (κ3) is 3.17. The first-order valence-electron chi connectivity index (χ1n) is 8.41. The van der Waals surface area contributed by atoms with Crippen molar-refractivity contribution < 1.29 is 9.32 Å². The van der Waals surface area contributed by atoms with Gasteiger partial charge in [-0.1, -0.05) is 17.3 Å². The number of aromatic nitrogens is 2. The van der Waals surface area contributed by atoms with Crippen LogP contribution >= 0.6 is 11.3 Å². The molecule has 7 heteroatoms. The SMILES string of the molecule is Cc1noc(C)c1CN1CCN(C(=O)c2nc3ccccc3s2)CC1. The second kappa shape index (κ2) is 6.57. The van der Waals surface area contributed by atoms with Gasteiger partial charge in [0.2, 0.25) is 0 Å². The van der Waals surface area contributed by atoms with Crippen molar-refractivity contribution in [1.29, 1.82) is 0 Å². The Morgan fingerprint density at radius 1 is 1.20 bits per heavy atom. The zero-order valence-corrected chi connectivity index (χ0v) is 15.2. The number of hydrogen-bond acceptors (Lipinski definition) is 6. The molecule has 6 nitrogen and oxygen atoms in total. The van der Waals surface area contributed by atoms with Crippen molar-refractivity contribution in [2.75, 3.05) is 26.2 Å². The molecule has 2 aromatic heterocycles. The summed E-state index contributed by atoms with van der Waals surface area (Å²) in [6.45, 7) is 7.88. The van der Waals surface area contributed by atoms with Crippen LogP contribution in [0.4, 0.5) is 0 Å². The van der Waals surface area contributed by atoms with Gasteiger partial charge in [-0.15, -0.1) is 11.3 Å². The van der Waals surface area contributed by atoms with Crippen molar-refractivity contribution in [3.63, 3.8) is 0 Å². The van der Waals surface area contributed by atoms with E-state index < -0.39 is 0 Å². The molecule has 0 radical (unpaired) electrons. The summed E-state index contributed by atoms with van der Waals surface area (Å²) in [5.74, 6) is 0.920. The molecule has 1 amide bonds. The number of amides is 1. The normalized spacial score (nSPS) is 15.8. The number of piperazine rings is 1. The van der Waals surface area contributed by atoms with E-state index in [1.807, 2.05) is 43.0 Å². The van der Waals surface area contributed by atoms with Crippen LogP contribution in [-0.2, 0) is 6.54 Å². The largest absolute Gasteiger partial charge is 0.361 e. The molecule has 1 saturated heterocycles. The Morgan fingerprint density at radius 3 is 2.64 bits per heavy atom. The first-order valence-corrected chi connectivity index (χ1v) is 9.22. The van der Waals surface area contributed by atoms with Crippen LogP contribution in [-0.4, -0.2) is 52.0 Å². The van der Waals surface area contributed by atoms with Crippen LogP contribution in [0.25, 0.3) is 10.2 Å². The van der Waals surface area contributed by atoms with E-state index in [2.05, 4.69) is 15.0 Å². The summed E-state index contributed by atoms with van der Waals surface area (Å²) in [7, 11) is 0. The highest BCUT2D eigenvalue weighted by atomic mass is 32.1. The van der Waals surface area contributed by atoms with Crippen LogP contribution in [0.3, 0.4) is 0 Å². The number of nitrogens with zero attached hydrogens (tertiary/aromatic N) is 4. The highest BCUT2D eigenvalue weighted by molar-refractivity contribution is 7.20. The van der Waals surface area contributed by atoms with E-state index in [1.54, 1.807) is 0 Å². The van der Waals surface area contributed by atoms with Crippen LogP contribution in [0.1, 0.15) is 26.8 Å². The van der Waals surface area contributed by atoms with Gasteiger partial charge in [0.15, 0.2) is 5.01 Å². The Balaban J connectivity index is 1.40. The first-order chi connectivity index (χ1) is 12.1. The van der Waals surface area contributed by atoms with Crippen molar-refractivity contribution in [3.8, 4) is 0 Å². The maximum absolute atomic E-state index is 12.7. The maximum Gasteiger partial charge on any atom is 0.282 e. The molecule has 130 valence electrons. The lowest BCUT2D eigenvalue weighted by Crippen LogP contribution is -2.48. The minimum Gasteiger partial charge on any atom is -0.361 e. The zero-order valence-electron chi connectivity index (χ0n) is 14.4. The smallest absolute Gasteiger partial charge is 0.282 e. The predicted molar refractivity (Wildman–Crippen MR) is 96.8 cm³/mol. The van der Waals surface area contributed by atoms with E-state index >= 15 is 0 Å². The molecule has 0 atom stereocenters. The summed E-state index contributed by atoms with van der Waals surface area (Å²) in [4.78, 5) is 21.5. The number of benzene rings is 1. The molecule has 1 aromatic carbocycles. The number of aryl methyl sites for hydroxylation is 2. The quantitative estimate of drug-likeness (QED) is 0.722. The van der Waals surface area contributed by atoms with Crippen LogP contribution in [0, 0.1) is 13.8 Å². The Hall–Kier alpha value is -2.25. The standard InChI is InChI=1S/C18H20N4O2S/c1-12-14(13(2)24-20-12)11-21-7-9-22(10-8-21)18(23)17-19-15-5-3-4-6-16(15)25-17/h3-6H,7-11H2,1-2H3. The zero-order chi connectivity index (χ0) is 17.4. The molecular formula is C18H20N4O2S. The fourth-order valence-corrected chi connectivity index (χ4v) is 4.09. The summed E-state index contributed by atoms with van der Waals surface area (Å²) in [6, 6.07) is 7.88. The number of hydrogen-bond donors (Lipinski definition) is 0. The summed E-state index contributed by atoms with van der Waals surface area (Å²) in [6.07, 6.45) is 0. The number of carbonyl (C=O) groups excluding carboxylic acids is 1. The molecule has 1 fully saturated rings. The van der Waals surface area contributed by atoms with Crippen molar-refractivity contribution in [3.05, 3.63) is 46.3 Å². The van der Waals surface area contributed by atoms with Crippen molar-refractivity contribution in [2.24, 2.45) is 0 Å². The monoisotopic (exact) mass is 356 g/mol. The van der Waals surface area contributed by atoms with E-state index in [0.29, 0.717) is 5.01 Å². The van der Waals surface area contributed by atoms with Gasteiger partial charge in [-0.2, -0.15) is 0 Å². The fourth-order valence-electron chi connectivity index (χ4n) is 3.16. The van der Waals surface area contributed by atoms with Crippen molar-refractivity contribution in [2.45, 2.75) is 20.4 Å². The van der Waals surface area contributed by atoms with Crippen LogP contribution < -0.4 is 0 Å². The van der Waals surface area contributed by atoms with Crippen molar-refractivity contribution >= 4 is 27.5 Å².